The van der Waals surface area contributed by atoms with E-state index in [2.05, 4.69) is 22.6 Å². The standard InChI is InChI=1S/C4H6N4S2.H2O4S/c5-1-2(9)7-4(6)8-3(1)10;1-5(2,3)4/h5H2,(H4,6,7,8,9,10);(H2,1,2,3,4). The molecule has 0 aliphatic carbocycles. The van der Waals surface area contributed by atoms with Gasteiger partial charge in [0.1, 0.15) is 9.67 Å². The first-order valence-electron chi connectivity index (χ1n) is 3.15. The Hall–Kier alpha value is -0.880. The minimum absolute atomic E-state index is 0.226. The van der Waals surface area contributed by atoms with E-state index < -0.39 is 10.4 Å². The molecule has 0 aromatic carbocycles. The molecule has 0 aliphatic heterocycles. The van der Waals surface area contributed by atoms with Gasteiger partial charge in [-0.25, -0.2) is 4.98 Å². The average Bonchev–Trinajstić information content (AvgIpc) is 1.96. The van der Waals surface area contributed by atoms with Gasteiger partial charge in [0.05, 0.1) is 5.69 Å². The SMILES string of the molecule is Nc1nc(S)c(N)c(=S)[nH]1.O=S(=O)(O)O. The second-order valence-corrected chi connectivity index (χ2v) is 3.86. The van der Waals surface area contributed by atoms with E-state index in [4.69, 9.17) is 41.2 Å². The van der Waals surface area contributed by atoms with Gasteiger partial charge in [0.15, 0.2) is 5.95 Å². The van der Waals surface area contributed by atoms with Gasteiger partial charge >= 0.3 is 10.4 Å². The molecule has 0 spiro atoms. The van der Waals surface area contributed by atoms with Crippen molar-refractivity contribution in [3.63, 3.8) is 0 Å². The van der Waals surface area contributed by atoms with Crippen molar-refractivity contribution in [3.8, 4) is 0 Å². The number of hydrogen-bond acceptors (Lipinski definition) is 7. The highest BCUT2D eigenvalue weighted by molar-refractivity contribution is 7.80. The van der Waals surface area contributed by atoms with Gasteiger partial charge in [-0.1, -0.05) is 12.2 Å². The molecular weight excluding hydrogens is 264 g/mol. The maximum absolute atomic E-state index is 8.74. The molecule has 1 heterocycles. The molecule has 15 heavy (non-hydrogen) atoms. The molecule has 1 rings (SSSR count). The van der Waals surface area contributed by atoms with E-state index in [9.17, 15) is 0 Å². The van der Waals surface area contributed by atoms with Gasteiger partial charge in [-0.15, -0.1) is 12.6 Å². The third-order valence-electron chi connectivity index (χ3n) is 0.953. The number of aromatic amines is 1. The van der Waals surface area contributed by atoms with Crippen LogP contribution in [-0.4, -0.2) is 27.5 Å². The van der Waals surface area contributed by atoms with Crippen molar-refractivity contribution in [2.24, 2.45) is 0 Å². The zero-order valence-corrected chi connectivity index (χ0v) is 9.60. The van der Waals surface area contributed by atoms with Gasteiger partial charge in [0.2, 0.25) is 0 Å². The fourth-order valence-corrected chi connectivity index (χ4v) is 0.984. The van der Waals surface area contributed by atoms with Crippen LogP contribution in [0.1, 0.15) is 0 Å². The highest BCUT2D eigenvalue weighted by atomic mass is 32.3. The summed E-state index contributed by atoms with van der Waals surface area (Å²) in [6.45, 7) is 0. The molecular formula is C4H8N4O4S3. The molecule has 0 radical (unpaired) electrons. The van der Waals surface area contributed by atoms with Gasteiger partial charge in [-0.3, -0.25) is 9.11 Å². The lowest BCUT2D eigenvalue weighted by atomic mass is 10.6. The van der Waals surface area contributed by atoms with Crippen LogP contribution >= 0.6 is 24.8 Å². The number of hydrogen-bond donors (Lipinski definition) is 6. The van der Waals surface area contributed by atoms with Crippen molar-refractivity contribution < 1.29 is 17.5 Å². The fourth-order valence-electron chi connectivity index (χ4n) is 0.487. The van der Waals surface area contributed by atoms with Crippen LogP contribution in [0.2, 0.25) is 0 Å². The maximum Gasteiger partial charge on any atom is 0.394 e. The number of thiol groups is 1. The molecule has 86 valence electrons. The second-order valence-electron chi connectivity index (χ2n) is 2.14. The maximum atomic E-state index is 8.74. The van der Waals surface area contributed by atoms with Crippen LogP contribution in [0.25, 0.3) is 0 Å². The summed E-state index contributed by atoms with van der Waals surface area (Å²) in [4.78, 5) is 6.32. The molecule has 0 saturated carbocycles. The molecule has 0 aliphatic rings. The third kappa shape index (κ3) is 7.10. The van der Waals surface area contributed by atoms with E-state index in [0.717, 1.165) is 0 Å². The predicted molar refractivity (Wildman–Crippen MR) is 59.7 cm³/mol. The first kappa shape index (κ1) is 14.1. The lowest BCUT2D eigenvalue weighted by Crippen LogP contribution is -1.99. The summed E-state index contributed by atoms with van der Waals surface area (Å²) in [5.74, 6) is 0.226. The number of nitrogen functional groups attached to an aromatic ring is 2. The van der Waals surface area contributed by atoms with Crippen LogP contribution in [0.4, 0.5) is 11.6 Å². The zero-order valence-electron chi connectivity index (χ0n) is 7.08. The highest BCUT2D eigenvalue weighted by Gasteiger charge is 1.97. The Labute approximate surface area is 95.7 Å². The predicted octanol–water partition coefficient (Wildman–Crippen LogP) is -0.0605. The Morgan fingerprint density at radius 1 is 1.40 bits per heavy atom. The molecule has 1 aromatic heterocycles. The van der Waals surface area contributed by atoms with Crippen molar-refractivity contribution in [2.45, 2.75) is 5.03 Å². The van der Waals surface area contributed by atoms with Crippen LogP contribution in [0.5, 0.6) is 0 Å². The molecule has 0 amide bonds. The number of H-pyrrole nitrogens is 1. The zero-order chi connectivity index (χ0) is 12.2. The second kappa shape index (κ2) is 5.27. The highest BCUT2D eigenvalue weighted by Crippen LogP contribution is 2.13. The Bertz CT molecular complexity index is 487. The van der Waals surface area contributed by atoms with E-state index >= 15 is 0 Å². The van der Waals surface area contributed by atoms with Crippen molar-refractivity contribution in [2.75, 3.05) is 11.5 Å². The summed E-state index contributed by atoms with van der Waals surface area (Å²) < 4.78 is 32.0. The number of nitrogens with two attached hydrogens (primary N) is 2. The minimum Gasteiger partial charge on any atom is -0.394 e. The van der Waals surface area contributed by atoms with E-state index in [1.54, 1.807) is 0 Å². The van der Waals surface area contributed by atoms with Crippen LogP contribution in [0.15, 0.2) is 5.03 Å². The molecule has 1 aromatic rings. The number of nitrogens with zero attached hydrogens (tertiary/aromatic N) is 1. The largest absolute Gasteiger partial charge is 0.394 e. The molecule has 0 fully saturated rings. The Kier molecular flexibility index (Phi) is 4.96. The Morgan fingerprint density at radius 2 is 1.80 bits per heavy atom. The van der Waals surface area contributed by atoms with E-state index in [1.807, 2.05) is 0 Å². The van der Waals surface area contributed by atoms with E-state index in [0.29, 0.717) is 15.4 Å². The lowest BCUT2D eigenvalue weighted by Gasteiger charge is -1.98. The first-order chi connectivity index (χ1) is 6.61. The molecule has 7 N–H and O–H groups in total. The number of rotatable bonds is 0. The van der Waals surface area contributed by atoms with E-state index in [1.165, 1.54) is 0 Å². The summed E-state index contributed by atoms with van der Waals surface area (Å²) in [5, 5.41) is 0.362. The number of nitrogens with one attached hydrogen (secondary N) is 1. The molecule has 8 nitrogen and oxygen atoms in total. The van der Waals surface area contributed by atoms with Gasteiger partial charge in [-0.05, 0) is 0 Å². The average molecular weight is 272 g/mol. The van der Waals surface area contributed by atoms with Crippen molar-refractivity contribution in [1.29, 1.82) is 0 Å². The van der Waals surface area contributed by atoms with Crippen molar-refractivity contribution >= 4 is 46.9 Å². The molecule has 11 heteroatoms. The summed E-state index contributed by atoms with van der Waals surface area (Å²) in [6, 6.07) is 0. The summed E-state index contributed by atoms with van der Waals surface area (Å²) in [6.07, 6.45) is 0. The summed E-state index contributed by atoms with van der Waals surface area (Å²) in [5.41, 5.74) is 11.1. The molecule has 0 bridgehead atoms. The smallest absolute Gasteiger partial charge is 0.394 e. The van der Waals surface area contributed by atoms with Crippen LogP contribution < -0.4 is 11.5 Å². The van der Waals surface area contributed by atoms with Gasteiger partial charge in [-0.2, -0.15) is 8.42 Å². The quantitative estimate of drug-likeness (QED) is 0.166. The number of aromatic nitrogens is 2. The lowest BCUT2D eigenvalue weighted by molar-refractivity contribution is 0.381. The molecule has 0 atom stereocenters. The fraction of sp³-hybridized carbons (Fsp3) is 0. The Balaban J connectivity index is 0.000000336. The topological polar surface area (TPSA) is 155 Å². The van der Waals surface area contributed by atoms with Crippen LogP contribution in [0, 0.1) is 4.64 Å². The van der Waals surface area contributed by atoms with Crippen molar-refractivity contribution in [1.82, 2.24) is 9.97 Å². The Morgan fingerprint density at radius 3 is 2.13 bits per heavy atom. The van der Waals surface area contributed by atoms with Crippen LogP contribution in [0.3, 0.4) is 0 Å². The van der Waals surface area contributed by atoms with Gasteiger partial charge in [0, 0.05) is 0 Å². The summed E-state index contributed by atoms with van der Waals surface area (Å²) >= 11 is 8.71. The van der Waals surface area contributed by atoms with Crippen molar-refractivity contribution in [3.05, 3.63) is 4.64 Å². The van der Waals surface area contributed by atoms with Gasteiger partial charge < -0.3 is 16.5 Å². The minimum atomic E-state index is -4.67. The third-order valence-corrected chi connectivity index (χ3v) is 1.62. The summed E-state index contributed by atoms with van der Waals surface area (Å²) in [7, 11) is -4.67. The van der Waals surface area contributed by atoms with Crippen LogP contribution in [-0.2, 0) is 10.4 Å². The molecule has 0 unspecified atom stereocenters. The van der Waals surface area contributed by atoms with Gasteiger partial charge in [0.25, 0.3) is 0 Å². The number of anilines is 2. The first-order valence-corrected chi connectivity index (χ1v) is 5.40. The monoisotopic (exact) mass is 272 g/mol. The molecule has 0 saturated heterocycles. The normalized spacial score (nSPS) is 10.3. The van der Waals surface area contributed by atoms with E-state index in [-0.39, 0.29) is 5.95 Å².